The van der Waals surface area contributed by atoms with Crippen molar-refractivity contribution in [2.45, 2.75) is 438 Å². The molecule has 19 heteroatoms. The van der Waals surface area contributed by atoms with Crippen LogP contribution in [-0.2, 0) is 65.4 Å². The van der Waals surface area contributed by atoms with E-state index in [1.807, 2.05) is 0 Å². The van der Waals surface area contributed by atoms with Crippen molar-refractivity contribution < 1.29 is 80.2 Å². The van der Waals surface area contributed by atoms with E-state index in [1.165, 1.54) is 231 Å². The van der Waals surface area contributed by atoms with E-state index in [-0.39, 0.29) is 25.7 Å². The highest BCUT2D eigenvalue weighted by Gasteiger charge is 2.30. The Morgan fingerprint density at radius 3 is 0.694 bits per heavy atom. The normalized spacial score (nSPS) is 13.9. The monoisotopic (exact) mass is 1440 g/mol. The summed E-state index contributed by atoms with van der Waals surface area (Å²) in [6.45, 7) is 7.29. The molecule has 0 aliphatic carbocycles. The van der Waals surface area contributed by atoms with E-state index in [2.05, 4.69) is 34.6 Å². The minimum absolute atomic E-state index is 0.106. The number of aliphatic hydroxyl groups is 1. The molecule has 0 bridgehead atoms. The van der Waals surface area contributed by atoms with Gasteiger partial charge in [0.15, 0.2) is 12.2 Å². The number of carbonyl (C=O) groups is 4. The van der Waals surface area contributed by atoms with Crippen LogP contribution in [-0.4, -0.2) is 96.7 Å². The topological polar surface area (TPSA) is 237 Å². The molecular formula is C79H154O17P2. The molecule has 0 fully saturated rings. The Bertz CT molecular complexity index is 1870. The summed E-state index contributed by atoms with van der Waals surface area (Å²) in [6, 6.07) is 0. The summed E-state index contributed by atoms with van der Waals surface area (Å²) in [6.07, 6.45) is 62.8. The molecule has 582 valence electrons. The summed E-state index contributed by atoms with van der Waals surface area (Å²) in [5.41, 5.74) is 0. The zero-order chi connectivity index (χ0) is 71.9. The van der Waals surface area contributed by atoms with Gasteiger partial charge in [-0.25, -0.2) is 9.13 Å². The average Bonchev–Trinajstić information content (AvgIpc) is 1.46. The summed E-state index contributed by atoms with van der Waals surface area (Å²) in [5, 5.41) is 10.6. The zero-order valence-electron chi connectivity index (χ0n) is 63.9. The summed E-state index contributed by atoms with van der Waals surface area (Å²) >= 11 is 0. The molecule has 0 saturated carbocycles. The standard InChI is InChI=1S/C79H154O17P2/c1-6-9-12-15-18-20-22-23-24-25-26-27-31-34-37-40-44-48-53-58-63-77(82)90-69-75(96-79(84)65-60-55-50-45-41-38-35-32-29-28-30-33-36-39-42-47-51-56-61-72(4)5)71-94-98(87,88)92-67-73(80)66-91-97(85,86)93-70-74(68-89-76(81)62-57-52-46-17-14-11-8-3)95-78(83)64-59-54-49-43-21-19-16-13-10-7-2/h72-75,80H,6-71H2,1-5H3,(H,85,86)(H,87,88)/t73-,74+,75+/m0/s1. The second-order valence-electron chi connectivity index (χ2n) is 28.9. The van der Waals surface area contributed by atoms with Crippen LogP contribution in [0, 0.1) is 5.92 Å². The van der Waals surface area contributed by atoms with Gasteiger partial charge in [-0.05, 0) is 31.6 Å². The Morgan fingerprint density at radius 1 is 0.276 bits per heavy atom. The van der Waals surface area contributed by atoms with E-state index < -0.39 is 97.5 Å². The first-order chi connectivity index (χ1) is 47.5. The molecule has 0 amide bonds. The number of hydrogen-bond acceptors (Lipinski definition) is 15. The molecule has 0 aromatic heterocycles. The second kappa shape index (κ2) is 72.0. The summed E-state index contributed by atoms with van der Waals surface area (Å²) in [7, 11) is -9.90. The Kier molecular flexibility index (Phi) is 70.6. The van der Waals surface area contributed by atoms with Gasteiger partial charge in [0, 0.05) is 25.7 Å². The molecule has 0 saturated heterocycles. The summed E-state index contributed by atoms with van der Waals surface area (Å²) in [5.74, 6) is -1.30. The SMILES string of the molecule is CCCCCCCCCCCCCCCCCCCCCCC(=O)OC[C@H](COP(=O)(O)OC[C@@H](O)COP(=O)(O)OC[C@@H](COC(=O)CCCCCCCCC)OC(=O)CCCCCCCCCCCC)OC(=O)CCCCCCCCCCCCCCCCCCCCC(C)C. The summed E-state index contributed by atoms with van der Waals surface area (Å²) in [4.78, 5) is 72.7. The van der Waals surface area contributed by atoms with Gasteiger partial charge in [0.2, 0.25) is 0 Å². The quantitative estimate of drug-likeness (QED) is 0.0222. The van der Waals surface area contributed by atoms with E-state index in [9.17, 15) is 43.2 Å². The molecule has 2 unspecified atom stereocenters. The number of aliphatic hydroxyl groups excluding tert-OH is 1. The highest BCUT2D eigenvalue weighted by molar-refractivity contribution is 7.47. The van der Waals surface area contributed by atoms with Crippen LogP contribution >= 0.6 is 15.6 Å². The van der Waals surface area contributed by atoms with Crippen LogP contribution in [0.3, 0.4) is 0 Å². The number of carbonyl (C=O) groups excluding carboxylic acids is 4. The highest BCUT2D eigenvalue weighted by Crippen LogP contribution is 2.45. The molecule has 3 N–H and O–H groups in total. The Labute approximate surface area is 600 Å². The van der Waals surface area contributed by atoms with Crippen LogP contribution in [0.5, 0.6) is 0 Å². The fraction of sp³-hybridized carbons (Fsp3) is 0.949. The lowest BCUT2D eigenvalue weighted by Gasteiger charge is -2.21. The Hall–Kier alpha value is -1.94. The van der Waals surface area contributed by atoms with Crippen molar-refractivity contribution in [2.75, 3.05) is 39.6 Å². The lowest BCUT2D eigenvalue weighted by atomic mass is 10.0. The molecule has 0 aliphatic heterocycles. The molecule has 0 aromatic carbocycles. The predicted molar refractivity (Wildman–Crippen MR) is 400 cm³/mol. The van der Waals surface area contributed by atoms with Crippen molar-refractivity contribution in [3.8, 4) is 0 Å². The van der Waals surface area contributed by atoms with E-state index in [0.717, 1.165) is 109 Å². The fourth-order valence-electron chi connectivity index (χ4n) is 12.2. The molecule has 0 rings (SSSR count). The lowest BCUT2D eigenvalue weighted by Crippen LogP contribution is -2.30. The molecule has 0 aromatic rings. The van der Waals surface area contributed by atoms with Crippen molar-refractivity contribution in [2.24, 2.45) is 5.92 Å². The maximum absolute atomic E-state index is 13.1. The third kappa shape index (κ3) is 72.4. The Balaban J connectivity index is 5.13. The first kappa shape index (κ1) is 96.1. The predicted octanol–water partition coefficient (Wildman–Crippen LogP) is 23.6. The number of ether oxygens (including phenoxy) is 4. The van der Waals surface area contributed by atoms with Crippen molar-refractivity contribution in [1.82, 2.24) is 0 Å². The molecule has 0 heterocycles. The van der Waals surface area contributed by atoms with Crippen LogP contribution in [0.1, 0.15) is 420 Å². The largest absolute Gasteiger partial charge is 0.472 e. The fourth-order valence-corrected chi connectivity index (χ4v) is 13.8. The van der Waals surface area contributed by atoms with Gasteiger partial charge in [0.1, 0.15) is 19.3 Å². The number of esters is 4. The van der Waals surface area contributed by atoms with Gasteiger partial charge in [0.05, 0.1) is 26.4 Å². The van der Waals surface area contributed by atoms with E-state index in [1.54, 1.807) is 0 Å². The molecule has 0 spiro atoms. The molecule has 98 heavy (non-hydrogen) atoms. The van der Waals surface area contributed by atoms with Gasteiger partial charge in [-0.2, -0.15) is 0 Å². The molecular weight excluding hydrogens is 1280 g/mol. The number of hydrogen-bond donors (Lipinski definition) is 3. The van der Waals surface area contributed by atoms with Crippen molar-refractivity contribution >= 4 is 39.5 Å². The number of unbranched alkanes of at least 4 members (excludes halogenated alkanes) is 51. The van der Waals surface area contributed by atoms with Crippen LogP contribution in [0.15, 0.2) is 0 Å². The van der Waals surface area contributed by atoms with Crippen molar-refractivity contribution in [1.29, 1.82) is 0 Å². The smallest absolute Gasteiger partial charge is 0.462 e. The molecule has 0 aliphatic rings. The van der Waals surface area contributed by atoms with Gasteiger partial charge < -0.3 is 33.8 Å². The van der Waals surface area contributed by atoms with E-state index in [4.69, 9.17) is 37.0 Å². The average molecular weight is 1440 g/mol. The molecule has 17 nitrogen and oxygen atoms in total. The third-order valence-corrected chi connectivity index (χ3v) is 20.4. The Morgan fingerprint density at radius 2 is 0.469 bits per heavy atom. The first-order valence-corrected chi connectivity index (χ1v) is 44.1. The lowest BCUT2D eigenvalue weighted by molar-refractivity contribution is -0.161. The number of phosphoric acid groups is 2. The highest BCUT2D eigenvalue weighted by atomic mass is 31.2. The maximum Gasteiger partial charge on any atom is 0.472 e. The maximum atomic E-state index is 13.1. The molecule has 0 radical (unpaired) electrons. The summed E-state index contributed by atoms with van der Waals surface area (Å²) < 4.78 is 68.4. The van der Waals surface area contributed by atoms with Gasteiger partial charge in [-0.15, -0.1) is 0 Å². The van der Waals surface area contributed by atoms with Gasteiger partial charge >= 0.3 is 39.5 Å². The van der Waals surface area contributed by atoms with Crippen LogP contribution in [0.2, 0.25) is 0 Å². The second-order valence-corrected chi connectivity index (χ2v) is 31.8. The van der Waals surface area contributed by atoms with Crippen molar-refractivity contribution in [3.63, 3.8) is 0 Å². The number of rotatable bonds is 79. The van der Waals surface area contributed by atoms with Crippen LogP contribution in [0.25, 0.3) is 0 Å². The minimum atomic E-state index is -4.96. The van der Waals surface area contributed by atoms with E-state index in [0.29, 0.717) is 25.7 Å². The van der Waals surface area contributed by atoms with Gasteiger partial charge in [0.25, 0.3) is 0 Å². The van der Waals surface area contributed by atoms with E-state index >= 15 is 0 Å². The number of phosphoric ester groups is 2. The van der Waals surface area contributed by atoms with Gasteiger partial charge in [-0.3, -0.25) is 37.3 Å². The van der Waals surface area contributed by atoms with Gasteiger partial charge in [-0.1, -0.05) is 369 Å². The first-order valence-electron chi connectivity index (χ1n) is 41.1. The van der Waals surface area contributed by atoms with Crippen LogP contribution in [0.4, 0.5) is 0 Å². The minimum Gasteiger partial charge on any atom is -0.462 e. The third-order valence-electron chi connectivity index (χ3n) is 18.5. The van der Waals surface area contributed by atoms with Crippen LogP contribution < -0.4 is 0 Å². The zero-order valence-corrected chi connectivity index (χ0v) is 65.7. The van der Waals surface area contributed by atoms with Crippen molar-refractivity contribution in [3.05, 3.63) is 0 Å². The molecule has 5 atom stereocenters.